The number of aliphatic hydroxyl groups is 1. The van der Waals surface area contributed by atoms with E-state index in [0.717, 1.165) is 19.3 Å². The van der Waals surface area contributed by atoms with Crippen LogP contribution in [0.5, 0.6) is 11.5 Å². The summed E-state index contributed by atoms with van der Waals surface area (Å²) in [4.78, 5) is 12.3. The van der Waals surface area contributed by atoms with Crippen LogP contribution in [0.4, 0.5) is 5.69 Å². The molecule has 1 aliphatic carbocycles. The predicted molar refractivity (Wildman–Crippen MR) is 79.7 cm³/mol. The Bertz CT molecular complexity index is 519. The van der Waals surface area contributed by atoms with E-state index in [1.165, 1.54) is 14.2 Å². The van der Waals surface area contributed by atoms with Crippen molar-refractivity contribution in [2.75, 3.05) is 20.0 Å². The van der Waals surface area contributed by atoms with Crippen molar-refractivity contribution in [2.45, 2.75) is 37.8 Å². The minimum absolute atomic E-state index is 0.223. The van der Waals surface area contributed by atoms with Crippen LogP contribution in [-0.4, -0.2) is 37.4 Å². The Kier molecular flexibility index (Phi) is 4.90. The fourth-order valence-corrected chi connectivity index (χ4v) is 2.62. The van der Waals surface area contributed by atoms with Gasteiger partial charge in [0.15, 0.2) is 11.5 Å². The second-order valence-electron chi connectivity index (χ2n) is 5.23. The van der Waals surface area contributed by atoms with Crippen LogP contribution >= 0.6 is 0 Å². The molecule has 116 valence electrons. The number of methoxy groups -OCH3 is 2. The number of rotatable bonds is 4. The summed E-state index contributed by atoms with van der Waals surface area (Å²) in [5.41, 5.74) is 6.54. The molecular formula is C15H22N2O4. The van der Waals surface area contributed by atoms with E-state index in [1.54, 1.807) is 12.1 Å². The number of aliphatic hydroxyl groups excluding tert-OH is 1. The Morgan fingerprint density at radius 2 is 1.86 bits per heavy atom. The number of carbonyl (C=O) groups is 1. The van der Waals surface area contributed by atoms with Gasteiger partial charge in [-0.2, -0.15) is 0 Å². The average molecular weight is 294 g/mol. The molecule has 1 aliphatic rings. The van der Waals surface area contributed by atoms with Crippen molar-refractivity contribution in [3.63, 3.8) is 0 Å². The van der Waals surface area contributed by atoms with E-state index in [9.17, 15) is 9.90 Å². The standard InChI is InChI=1S/C15H22N2O4/c1-20-13-7-9(10(16)8-14(13)21-2)15(19)17-11-5-3-4-6-12(11)18/h7-8,11-12,18H,3-6,16H2,1-2H3,(H,17,19). The van der Waals surface area contributed by atoms with Gasteiger partial charge in [0.25, 0.3) is 5.91 Å². The van der Waals surface area contributed by atoms with Crippen molar-refractivity contribution in [3.05, 3.63) is 17.7 Å². The SMILES string of the molecule is COc1cc(N)c(C(=O)NC2CCCCC2O)cc1OC. The molecule has 0 aliphatic heterocycles. The van der Waals surface area contributed by atoms with Crippen LogP contribution in [-0.2, 0) is 0 Å². The number of ether oxygens (including phenoxy) is 2. The van der Waals surface area contributed by atoms with Crippen LogP contribution in [0.2, 0.25) is 0 Å². The topological polar surface area (TPSA) is 93.8 Å². The number of benzene rings is 1. The molecule has 2 rings (SSSR count). The number of nitrogens with one attached hydrogen (secondary N) is 1. The molecule has 0 aromatic heterocycles. The minimum Gasteiger partial charge on any atom is -0.493 e. The number of anilines is 1. The van der Waals surface area contributed by atoms with Gasteiger partial charge in [0, 0.05) is 11.8 Å². The lowest BCUT2D eigenvalue weighted by Gasteiger charge is -2.28. The first-order valence-electron chi connectivity index (χ1n) is 7.07. The summed E-state index contributed by atoms with van der Waals surface area (Å²) in [5, 5.41) is 12.8. The molecule has 2 unspecified atom stereocenters. The highest BCUT2D eigenvalue weighted by atomic mass is 16.5. The molecule has 2 atom stereocenters. The molecule has 0 radical (unpaired) electrons. The summed E-state index contributed by atoms with van der Waals surface area (Å²) in [5.74, 6) is 0.615. The van der Waals surface area contributed by atoms with Crippen LogP contribution < -0.4 is 20.5 Å². The quantitative estimate of drug-likeness (QED) is 0.728. The van der Waals surface area contributed by atoms with E-state index >= 15 is 0 Å². The Balaban J connectivity index is 2.18. The molecule has 1 aromatic rings. The van der Waals surface area contributed by atoms with Crippen LogP contribution in [0.1, 0.15) is 36.0 Å². The monoisotopic (exact) mass is 294 g/mol. The maximum absolute atomic E-state index is 12.3. The zero-order chi connectivity index (χ0) is 15.4. The van der Waals surface area contributed by atoms with E-state index in [0.29, 0.717) is 29.2 Å². The van der Waals surface area contributed by atoms with Gasteiger partial charge in [-0.05, 0) is 18.9 Å². The van der Waals surface area contributed by atoms with E-state index in [-0.39, 0.29) is 11.9 Å². The molecule has 4 N–H and O–H groups in total. The van der Waals surface area contributed by atoms with Crippen LogP contribution in [0.15, 0.2) is 12.1 Å². The Labute approximate surface area is 124 Å². The van der Waals surface area contributed by atoms with Gasteiger partial charge in [-0.25, -0.2) is 0 Å². The first-order valence-corrected chi connectivity index (χ1v) is 7.07. The molecule has 0 bridgehead atoms. The number of amides is 1. The van der Waals surface area contributed by atoms with Crippen molar-refractivity contribution >= 4 is 11.6 Å². The average Bonchev–Trinajstić information content (AvgIpc) is 2.49. The predicted octanol–water partition coefficient (Wildman–Crippen LogP) is 1.32. The second kappa shape index (κ2) is 6.67. The third-order valence-corrected chi connectivity index (χ3v) is 3.85. The van der Waals surface area contributed by atoms with Crippen molar-refractivity contribution in [2.24, 2.45) is 0 Å². The zero-order valence-electron chi connectivity index (χ0n) is 12.4. The molecule has 1 amide bonds. The molecule has 21 heavy (non-hydrogen) atoms. The molecule has 0 saturated heterocycles. The summed E-state index contributed by atoms with van der Waals surface area (Å²) < 4.78 is 10.3. The Morgan fingerprint density at radius 3 is 2.48 bits per heavy atom. The molecule has 0 spiro atoms. The molecule has 1 saturated carbocycles. The summed E-state index contributed by atoms with van der Waals surface area (Å²) in [6, 6.07) is 2.89. The Morgan fingerprint density at radius 1 is 1.24 bits per heavy atom. The first-order chi connectivity index (χ1) is 10.1. The van der Waals surface area contributed by atoms with Gasteiger partial charge in [-0.15, -0.1) is 0 Å². The maximum Gasteiger partial charge on any atom is 0.253 e. The summed E-state index contributed by atoms with van der Waals surface area (Å²) in [6.45, 7) is 0. The van der Waals surface area contributed by atoms with Gasteiger partial charge in [-0.3, -0.25) is 4.79 Å². The molecular weight excluding hydrogens is 272 g/mol. The van der Waals surface area contributed by atoms with Gasteiger partial charge in [-0.1, -0.05) is 12.8 Å². The lowest BCUT2D eigenvalue weighted by molar-refractivity contribution is 0.0717. The van der Waals surface area contributed by atoms with E-state index in [4.69, 9.17) is 15.2 Å². The summed E-state index contributed by atoms with van der Waals surface area (Å²) in [7, 11) is 3.01. The molecule has 1 fully saturated rings. The largest absolute Gasteiger partial charge is 0.493 e. The highest BCUT2D eigenvalue weighted by molar-refractivity contribution is 6.00. The van der Waals surface area contributed by atoms with Gasteiger partial charge in [0.2, 0.25) is 0 Å². The van der Waals surface area contributed by atoms with Gasteiger partial charge in [0.05, 0.1) is 31.9 Å². The van der Waals surface area contributed by atoms with Crippen molar-refractivity contribution < 1.29 is 19.4 Å². The number of hydrogen-bond donors (Lipinski definition) is 3. The molecule has 6 heteroatoms. The van der Waals surface area contributed by atoms with Gasteiger partial charge < -0.3 is 25.6 Å². The van der Waals surface area contributed by atoms with Gasteiger partial charge >= 0.3 is 0 Å². The van der Waals surface area contributed by atoms with Crippen molar-refractivity contribution in [3.8, 4) is 11.5 Å². The highest BCUT2D eigenvalue weighted by Crippen LogP contribution is 2.32. The molecule has 6 nitrogen and oxygen atoms in total. The van der Waals surface area contributed by atoms with Crippen molar-refractivity contribution in [1.82, 2.24) is 5.32 Å². The lowest BCUT2D eigenvalue weighted by Crippen LogP contribution is -2.45. The minimum atomic E-state index is -0.496. The van der Waals surface area contributed by atoms with Crippen molar-refractivity contribution in [1.29, 1.82) is 0 Å². The lowest BCUT2D eigenvalue weighted by atomic mass is 9.92. The number of nitrogen functional groups attached to an aromatic ring is 1. The van der Waals surface area contributed by atoms with E-state index < -0.39 is 6.10 Å². The van der Waals surface area contributed by atoms with Gasteiger partial charge in [0.1, 0.15) is 0 Å². The molecule has 0 heterocycles. The number of hydrogen-bond acceptors (Lipinski definition) is 5. The smallest absolute Gasteiger partial charge is 0.253 e. The fraction of sp³-hybridized carbons (Fsp3) is 0.533. The van der Waals surface area contributed by atoms with E-state index in [2.05, 4.69) is 5.32 Å². The fourth-order valence-electron chi connectivity index (χ4n) is 2.62. The second-order valence-corrected chi connectivity index (χ2v) is 5.23. The normalized spacial score (nSPS) is 21.7. The van der Waals surface area contributed by atoms with Crippen LogP contribution in [0.25, 0.3) is 0 Å². The number of carbonyl (C=O) groups excluding carboxylic acids is 1. The first kappa shape index (κ1) is 15.4. The molecule has 1 aromatic carbocycles. The summed E-state index contributed by atoms with van der Waals surface area (Å²) >= 11 is 0. The number of nitrogens with two attached hydrogens (primary N) is 1. The summed E-state index contributed by atoms with van der Waals surface area (Å²) in [6.07, 6.45) is 2.99. The van der Waals surface area contributed by atoms with Crippen LogP contribution in [0.3, 0.4) is 0 Å². The third-order valence-electron chi connectivity index (χ3n) is 3.85. The maximum atomic E-state index is 12.3. The van der Waals surface area contributed by atoms with E-state index in [1.807, 2.05) is 0 Å². The highest BCUT2D eigenvalue weighted by Gasteiger charge is 2.26. The zero-order valence-corrected chi connectivity index (χ0v) is 12.4. The van der Waals surface area contributed by atoms with Crippen LogP contribution in [0, 0.1) is 0 Å². The third kappa shape index (κ3) is 3.39. The Hall–Kier alpha value is -1.95.